The Balaban J connectivity index is 1.41. The Labute approximate surface area is 190 Å². The minimum absolute atomic E-state index is 0.0727. The number of benzene rings is 3. The molecule has 0 saturated heterocycles. The van der Waals surface area contributed by atoms with E-state index < -0.39 is 11.7 Å². The largest absolute Gasteiger partial charge is 0.507 e. The van der Waals surface area contributed by atoms with Gasteiger partial charge < -0.3 is 14.6 Å². The molecule has 0 bridgehead atoms. The monoisotopic (exact) mass is 432 g/mol. The van der Waals surface area contributed by atoms with Crippen LogP contribution in [0, 0.1) is 20.8 Å². The second-order valence-corrected chi connectivity index (χ2v) is 9.32. The van der Waals surface area contributed by atoms with Crippen molar-refractivity contribution >= 4 is 16.6 Å². The van der Waals surface area contributed by atoms with Crippen molar-refractivity contribution in [2.24, 2.45) is 0 Å². The lowest BCUT2D eigenvalue weighted by molar-refractivity contribution is -0.126. The zero-order valence-electron chi connectivity index (χ0n) is 19.6. The number of phenolic OH excluding ortho intramolecular Hbond substituents is 1. The standard InChI is InChI=1S/C28H32O4/c1-17-18(2)27-24(19(3)26(17)30)12-14-28(5,32-27)15-13-25(29)20(4)31-23-11-10-21-8-6-7-9-22(21)16-23/h6-11,16,20,30H,12-15H2,1-5H3. The van der Waals surface area contributed by atoms with Crippen molar-refractivity contribution in [3.63, 3.8) is 0 Å². The summed E-state index contributed by atoms with van der Waals surface area (Å²) in [6, 6.07) is 14.0. The summed E-state index contributed by atoms with van der Waals surface area (Å²) < 4.78 is 12.4. The summed E-state index contributed by atoms with van der Waals surface area (Å²) in [5.41, 5.74) is 3.42. The lowest BCUT2D eigenvalue weighted by Crippen LogP contribution is -2.38. The highest BCUT2D eigenvalue weighted by molar-refractivity contribution is 5.85. The number of hydrogen-bond donors (Lipinski definition) is 1. The van der Waals surface area contributed by atoms with Gasteiger partial charge in [0.1, 0.15) is 22.8 Å². The van der Waals surface area contributed by atoms with Gasteiger partial charge in [-0.3, -0.25) is 4.79 Å². The lowest BCUT2D eigenvalue weighted by atomic mass is 9.84. The average molecular weight is 433 g/mol. The molecule has 3 aromatic rings. The summed E-state index contributed by atoms with van der Waals surface area (Å²) in [4.78, 5) is 12.8. The van der Waals surface area contributed by atoms with Gasteiger partial charge in [-0.15, -0.1) is 0 Å². The molecular formula is C28H32O4. The Morgan fingerprint density at radius 1 is 1.09 bits per heavy atom. The third-order valence-electron chi connectivity index (χ3n) is 6.98. The van der Waals surface area contributed by atoms with Crippen molar-refractivity contribution in [1.29, 1.82) is 0 Å². The van der Waals surface area contributed by atoms with Crippen LogP contribution >= 0.6 is 0 Å². The minimum Gasteiger partial charge on any atom is -0.507 e. The molecule has 0 spiro atoms. The smallest absolute Gasteiger partial charge is 0.173 e. The number of ketones is 1. The van der Waals surface area contributed by atoms with Crippen LogP contribution in [0.5, 0.6) is 17.2 Å². The van der Waals surface area contributed by atoms with Crippen LogP contribution in [0.2, 0.25) is 0 Å². The zero-order valence-corrected chi connectivity index (χ0v) is 19.6. The second-order valence-electron chi connectivity index (χ2n) is 9.32. The number of Topliss-reactive ketones (excluding diaryl/α,β-unsaturated/α-hetero) is 1. The fraction of sp³-hybridized carbons (Fsp3) is 0.393. The molecule has 2 unspecified atom stereocenters. The summed E-state index contributed by atoms with van der Waals surface area (Å²) in [6.45, 7) is 9.75. The number of rotatable bonds is 6. The fourth-order valence-electron chi connectivity index (χ4n) is 4.57. The van der Waals surface area contributed by atoms with Crippen molar-refractivity contribution in [3.8, 4) is 17.2 Å². The van der Waals surface area contributed by atoms with E-state index in [0.29, 0.717) is 24.3 Å². The van der Waals surface area contributed by atoms with Crippen LogP contribution in [0.25, 0.3) is 10.8 Å². The van der Waals surface area contributed by atoms with Crippen molar-refractivity contribution in [2.45, 2.75) is 72.0 Å². The first-order valence-corrected chi connectivity index (χ1v) is 11.4. The molecule has 32 heavy (non-hydrogen) atoms. The van der Waals surface area contributed by atoms with Gasteiger partial charge in [-0.25, -0.2) is 0 Å². The zero-order chi connectivity index (χ0) is 23.0. The number of fused-ring (bicyclic) bond motifs is 2. The number of carbonyl (C=O) groups excluding carboxylic acids is 1. The summed E-state index contributed by atoms with van der Waals surface area (Å²) in [5.74, 6) is 2.02. The van der Waals surface area contributed by atoms with Gasteiger partial charge in [0.15, 0.2) is 11.9 Å². The van der Waals surface area contributed by atoms with E-state index >= 15 is 0 Å². The maximum Gasteiger partial charge on any atom is 0.173 e. The van der Waals surface area contributed by atoms with Crippen molar-refractivity contribution < 1.29 is 19.4 Å². The number of ether oxygens (including phenoxy) is 2. The minimum atomic E-state index is -0.515. The first kappa shape index (κ1) is 22.2. The molecule has 4 rings (SSSR count). The van der Waals surface area contributed by atoms with E-state index in [2.05, 4.69) is 13.0 Å². The van der Waals surface area contributed by atoms with Crippen LogP contribution < -0.4 is 9.47 Å². The Kier molecular flexibility index (Phi) is 5.89. The molecule has 4 nitrogen and oxygen atoms in total. The van der Waals surface area contributed by atoms with Crippen LogP contribution in [0.4, 0.5) is 0 Å². The summed E-state index contributed by atoms with van der Waals surface area (Å²) in [7, 11) is 0. The van der Waals surface area contributed by atoms with E-state index in [0.717, 1.165) is 51.6 Å². The molecule has 0 fully saturated rings. The van der Waals surface area contributed by atoms with Crippen LogP contribution in [-0.2, 0) is 11.2 Å². The summed E-state index contributed by atoms with van der Waals surface area (Å²) in [5, 5.41) is 12.6. The highest BCUT2D eigenvalue weighted by atomic mass is 16.5. The van der Waals surface area contributed by atoms with E-state index in [1.807, 2.05) is 64.1 Å². The number of carbonyl (C=O) groups is 1. The molecule has 3 aromatic carbocycles. The topological polar surface area (TPSA) is 55.8 Å². The van der Waals surface area contributed by atoms with Gasteiger partial charge in [-0.05, 0) is 93.5 Å². The summed E-state index contributed by atoms with van der Waals surface area (Å²) in [6.07, 6.45) is 2.17. The van der Waals surface area contributed by atoms with Gasteiger partial charge in [0.25, 0.3) is 0 Å². The van der Waals surface area contributed by atoms with Gasteiger partial charge >= 0.3 is 0 Å². The maximum atomic E-state index is 12.8. The Bertz CT molecular complexity index is 1180. The van der Waals surface area contributed by atoms with E-state index in [1.54, 1.807) is 0 Å². The molecule has 0 aromatic heterocycles. The number of aromatic hydroxyl groups is 1. The molecule has 4 heteroatoms. The van der Waals surface area contributed by atoms with Crippen LogP contribution in [0.3, 0.4) is 0 Å². The molecule has 1 heterocycles. The Morgan fingerprint density at radius 3 is 2.56 bits per heavy atom. The van der Waals surface area contributed by atoms with Crippen molar-refractivity contribution in [3.05, 3.63) is 64.7 Å². The van der Waals surface area contributed by atoms with Gasteiger partial charge in [0.05, 0.1) is 0 Å². The third-order valence-corrected chi connectivity index (χ3v) is 6.98. The highest BCUT2D eigenvalue weighted by Crippen LogP contribution is 2.44. The van der Waals surface area contributed by atoms with E-state index in [-0.39, 0.29) is 5.78 Å². The second kappa shape index (κ2) is 8.50. The molecule has 168 valence electrons. The predicted molar refractivity (Wildman–Crippen MR) is 128 cm³/mol. The molecule has 0 amide bonds. The molecule has 1 N–H and O–H groups in total. The van der Waals surface area contributed by atoms with Crippen molar-refractivity contribution in [1.82, 2.24) is 0 Å². The summed E-state index contributed by atoms with van der Waals surface area (Å²) >= 11 is 0. The molecule has 1 aliphatic rings. The predicted octanol–water partition coefficient (Wildman–Crippen LogP) is 6.37. The molecule has 1 aliphatic heterocycles. The van der Waals surface area contributed by atoms with Gasteiger partial charge in [-0.1, -0.05) is 30.3 Å². The average Bonchev–Trinajstić information content (AvgIpc) is 2.79. The first-order chi connectivity index (χ1) is 15.2. The third kappa shape index (κ3) is 4.19. The molecular weight excluding hydrogens is 400 g/mol. The normalized spacial score (nSPS) is 18.7. The fourth-order valence-corrected chi connectivity index (χ4v) is 4.57. The lowest BCUT2D eigenvalue weighted by Gasteiger charge is -2.38. The van der Waals surface area contributed by atoms with Gasteiger partial charge in [0.2, 0.25) is 0 Å². The Hall–Kier alpha value is -3.01. The quantitative estimate of drug-likeness (QED) is 0.492. The Morgan fingerprint density at radius 2 is 1.81 bits per heavy atom. The molecule has 0 radical (unpaired) electrons. The van der Waals surface area contributed by atoms with Crippen LogP contribution in [-0.4, -0.2) is 22.6 Å². The molecule has 0 aliphatic carbocycles. The number of hydrogen-bond acceptors (Lipinski definition) is 4. The molecule has 2 atom stereocenters. The molecule has 0 saturated carbocycles. The first-order valence-electron chi connectivity index (χ1n) is 11.4. The van der Waals surface area contributed by atoms with Crippen molar-refractivity contribution in [2.75, 3.05) is 0 Å². The van der Waals surface area contributed by atoms with E-state index in [1.165, 1.54) is 0 Å². The van der Waals surface area contributed by atoms with Gasteiger partial charge in [-0.2, -0.15) is 0 Å². The SMILES string of the molecule is Cc1c(C)c2c(c(C)c1O)CCC(C)(CCC(=O)C(C)Oc1ccc3ccccc3c1)O2. The van der Waals surface area contributed by atoms with Crippen LogP contribution in [0.15, 0.2) is 42.5 Å². The van der Waals surface area contributed by atoms with Gasteiger partial charge in [0, 0.05) is 12.0 Å². The van der Waals surface area contributed by atoms with Crippen LogP contribution in [0.1, 0.15) is 55.4 Å². The number of phenols is 1. The van der Waals surface area contributed by atoms with E-state index in [4.69, 9.17) is 9.47 Å². The van der Waals surface area contributed by atoms with E-state index in [9.17, 15) is 9.90 Å². The highest BCUT2D eigenvalue weighted by Gasteiger charge is 2.35. The maximum absolute atomic E-state index is 12.8.